The molecular formula is C12H12FN5O. The van der Waals surface area contributed by atoms with Crippen LogP contribution in [0.2, 0.25) is 0 Å². The van der Waals surface area contributed by atoms with Gasteiger partial charge >= 0.3 is 0 Å². The van der Waals surface area contributed by atoms with Gasteiger partial charge in [-0.05, 0) is 12.1 Å². The second-order valence-corrected chi connectivity index (χ2v) is 3.59. The van der Waals surface area contributed by atoms with Crippen molar-refractivity contribution in [2.24, 2.45) is 0 Å². The van der Waals surface area contributed by atoms with Gasteiger partial charge in [0.05, 0.1) is 6.20 Å². The fourth-order valence-corrected chi connectivity index (χ4v) is 1.38. The molecule has 7 heteroatoms. The van der Waals surface area contributed by atoms with Gasteiger partial charge in [-0.2, -0.15) is 4.98 Å². The number of hydrogen-bond acceptors (Lipinski definition) is 5. The standard InChI is InChI=1S/C12H12FN5O/c1-14-10-9(13)7-15-12(16-10)18-17-11(19)8-5-3-2-4-6-8/h2-7H,1H3,(H,17,19)(H2,14,15,16,18). The number of hydrazine groups is 1. The molecule has 3 N–H and O–H groups in total. The van der Waals surface area contributed by atoms with E-state index in [1.165, 1.54) is 7.05 Å². The molecule has 1 aromatic carbocycles. The molecule has 0 radical (unpaired) electrons. The minimum absolute atomic E-state index is 0.0476. The predicted molar refractivity (Wildman–Crippen MR) is 69.1 cm³/mol. The van der Waals surface area contributed by atoms with Crippen molar-refractivity contribution >= 4 is 17.7 Å². The molecule has 0 unspecified atom stereocenters. The van der Waals surface area contributed by atoms with E-state index in [1.54, 1.807) is 24.3 Å². The lowest BCUT2D eigenvalue weighted by molar-refractivity contribution is 0.0962. The maximum absolute atomic E-state index is 13.1. The van der Waals surface area contributed by atoms with Crippen LogP contribution in [-0.4, -0.2) is 22.9 Å². The van der Waals surface area contributed by atoms with Gasteiger partial charge < -0.3 is 5.32 Å². The van der Waals surface area contributed by atoms with Crippen LogP contribution >= 0.6 is 0 Å². The van der Waals surface area contributed by atoms with Gasteiger partial charge in [-0.15, -0.1) is 0 Å². The molecule has 0 fully saturated rings. The van der Waals surface area contributed by atoms with Crippen molar-refractivity contribution in [3.63, 3.8) is 0 Å². The molecule has 0 saturated heterocycles. The monoisotopic (exact) mass is 261 g/mol. The maximum Gasteiger partial charge on any atom is 0.269 e. The highest BCUT2D eigenvalue weighted by molar-refractivity contribution is 5.94. The number of anilines is 2. The van der Waals surface area contributed by atoms with E-state index in [0.29, 0.717) is 5.56 Å². The average Bonchev–Trinajstić information content (AvgIpc) is 2.47. The summed E-state index contributed by atoms with van der Waals surface area (Å²) in [7, 11) is 1.54. The molecule has 0 atom stereocenters. The molecule has 98 valence electrons. The molecule has 0 aliphatic carbocycles. The molecule has 1 heterocycles. The van der Waals surface area contributed by atoms with Crippen LogP contribution in [0.1, 0.15) is 10.4 Å². The summed E-state index contributed by atoms with van der Waals surface area (Å²) in [5, 5.41) is 2.58. The molecule has 0 saturated carbocycles. The number of halogens is 1. The fraction of sp³-hybridized carbons (Fsp3) is 0.0833. The fourth-order valence-electron chi connectivity index (χ4n) is 1.38. The first-order valence-electron chi connectivity index (χ1n) is 5.52. The lowest BCUT2D eigenvalue weighted by atomic mass is 10.2. The number of rotatable bonds is 4. The Labute approximate surface area is 109 Å². The Kier molecular flexibility index (Phi) is 3.87. The Bertz CT molecular complexity index is 576. The number of carbonyl (C=O) groups excluding carboxylic acids is 1. The largest absolute Gasteiger partial charge is 0.371 e. The van der Waals surface area contributed by atoms with E-state index >= 15 is 0 Å². The second-order valence-electron chi connectivity index (χ2n) is 3.59. The quantitative estimate of drug-likeness (QED) is 0.725. The van der Waals surface area contributed by atoms with Gasteiger partial charge in [-0.25, -0.2) is 9.37 Å². The van der Waals surface area contributed by atoms with Gasteiger partial charge in [-0.1, -0.05) is 18.2 Å². The van der Waals surface area contributed by atoms with E-state index in [-0.39, 0.29) is 17.7 Å². The number of aromatic nitrogens is 2. The molecule has 1 aromatic heterocycles. The van der Waals surface area contributed by atoms with Gasteiger partial charge in [0.1, 0.15) is 0 Å². The van der Waals surface area contributed by atoms with E-state index in [0.717, 1.165) is 6.20 Å². The van der Waals surface area contributed by atoms with Gasteiger partial charge in [-0.3, -0.25) is 15.6 Å². The van der Waals surface area contributed by atoms with Crippen molar-refractivity contribution in [3.05, 3.63) is 47.9 Å². The Balaban J connectivity index is 2.01. The lowest BCUT2D eigenvalue weighted by Crippen LogP contribution is -2.30. The second kappa shape index (κ2) is 5.76. The van der Waals surface area contributed by atoms with E-state index in [9.17, 15) is 9.18 Å². The molecule has 2 rings (SSSR count). The Morgan fingerprint density at radius 1 is 1.26 bits per heavy atom. The van der Waals surface area contributed by atoms with Crippen LogP contribution in [0.15, 0.2) is 36.5 Å². The number of nitrogens with one attached hydrogen (secondary N) is 3. The van der Waals surface area contributed by atoms with Crippen molar-refractivity contribution < 1.29 is 9.18 Å². The van der Waals surface area contributed by atoms with E-state index < -0.39 is 5.82 Å². The molecular weight excluding hydrogens is 249 g/mol. The molecule has 2 aromatic rings. The minimum Gasteiger partial charge on any atom is -0.371 e. The van der Waals surface area contributed by atoms with Crippen molar-refractivity contribution in [1.29, 1.82) is 0 Å². The molecule has 1 amide bonds. The first-order chi connectivity index (χ1) is 9.20. The third-order valence-corrected chi connectivity index (χ3v) is 2.30. The van der Waals surface area contributed by atoms with E-state index in [4.69, 9.17) is 0 Å². The number of carbonyl (C=O) groups is 1. The SMILES string of the molecule is CNc1nc(NNC(=O)c2ccccc2)ncc1F. The summed E-state index contributed by atoms with van der Waals surface area (Å²) in [6.07, 6.45) is 1.01. The Morgan fingerprint density at radius 3 is 2.68 bits per heavy atom. The third-order valence-electron chi connectivity index (χ3n) is 2.30. The summed E-state index contributed by atoms with van der Waals surface area (Å²) in [4.78, 5) is 19.3. The molecule has 19 heavy (non-hydrogen) atoms. The summed E-state index contributed by atoms with van der Waals surface area (Å²) < 4.78 is 13.1. The highest BCUT2D eigenvalue weighted by atomic mass is 19.1. The summed E-state index contributed by atoms with van der Waals surface area (Å²) in [5.74, 6) is -0.761. The van der Waals surface area contributed by atoms with Crippen LogP contribution in [0.3, 0.4) is 0 Å². The zero-order valence-electron chi connectivity index (χ0n) is 10.1. The topological polar surface area (TPSA) is 78.9 Å². The smallest absolute Gasteiger partial charge is 0.269 e. The zero-order chi connectivity index (χ0) is 13.7. The van der Waals surface area contributed by atoms with Crippen LogP contribution in [0.4, 0.5) is 16.2 Å². The van der Waals surface area contributed by atoms with Crippen LogP contribution in [0, 0.1) is 5.82 Å². The molecule has 0 bridgehead atoms. The number of hydrogen-bond donors (Lipinski definition) is 3. The van der Waals surface area contributed by atoms with Crippen molar-refractivity contribution in [3.8, 4) is 0 Å². The third kappa shape index (κ3) is 3.15. The first-order valence-corrected chi connectivity index (χ1v) is 5.52. The minimum atomic E-state index is -0.567. The summed E-state index contributed by atoms with van der Waals surface area (Å²) in [5.41, 5.74) is 5.43. The summed E-state index contributed by atoms with van der Waals surface area (Å²) in [6.45, 7) is 0. The van der Waals surface area contributed by atoms with Crippen LogP contribution < -0.4 is 16.2 Å². The highest BCUT2D eigenvalue weighted by Crippen LogP contribution is 2.10. The summed E-state index contributed by atoms with van der Waals surface area (Å²) >= 11 is 0. The van der Waals surface area contributed by atoms with Gasteiger partial charge in [0.15, 0.2) is 11.6 Å². The first kappa shape index (κ1) is 12.7. The average molecular weight is 261 g/mol. The summed E-state index contributed by atoms with van der Waals surface area (Å²) in [6, 6.07) is 8.65. The number of amides is 1. The molecule has 6 nitrogen and oxygen atoms in total. The highest BCUT2D eigenvalue weighted by Gasteiger charge is 2.07. The molecule has 0 aliphatic heterocycles. The van der Waals surface area contributed by atoms with E-state index in [2.05, 4.69) is 26.1 Å². The maximum atomic E-state index is 13.1. The Hall–Kier alpha value is -2.70. The van der Waals surface area contributed by atoms with Crippen LogP contribution in [0.25, 0.3) is 0 Å². The predicted octanol–water partition coefficient (Wildman–Crippen LogP) is 1.41. The van der Waals surface area contributed by atoms with E-state index in [1.807, 2.05) is 6.07 Å². The zero-order valence-corrected chi connectivity index (χ0v) is 10.1. The molecule has 0 spiro atoms. The number of nitrogens with zero attached hydrogens (tertiary/aromatic N) is 2. The van der Waals surface area contributed by atoms with Crippen LogP contribution in [-0.2, 0) is 0 Å². The lowest BCUT2D eigenvalue weighted by Gasteiger charge is -2.08. The van der Waals surface area contributed by atoms with Crippen molar-refractivity contribution in [1.82, 2.24) is 15.4 Å². The molecule has 0 aliphatic rings. The Morgan fingerprint density at radius 2 is 2.00 bits per heavy atom. The van der Waals surface area contributed by atoms with Gasteiger partial charge in [0.25, 0.3) is 5.91 Å². The van der Waals surface area contributed by atoms with Crippen LogP contribution in [0.5, 0.6) is 0 Å². The van der Waals surface area contributed by atoms with Gasteiger partial charge in [0, 0.05) is 12.6 Å². The van der Waals surface area contributed by atoms with Crippen molar-refractivity contribution in [2.75, 3.05) is 17.8 Å². The van der Waals surface area contributed by atoms with Gasteiger partial charge in [0.2, 0.25) is 5.95 Å². The van der Waals surface area contributed by atoms with Crippen molar-refractivity contribution in [2.45, 2.75) is 0 Å². The number of benzene rings is 1. The normalized spacial score (nSPS) is 9.79.